The van der Waals surface area contributed by atoms with Crippen molar-refractivity contribution >= 4 is 0 Å². The van der Waals surface area contributed by atoms with Crippen molar-refractivity contribution in [3.05, 3.63) is 20.8 Å². The van der Waals surface area contributed by atoms with Gasteiger partial charge in [-0.3, -0.25) is 0 Å². The summed E-state index contributed by atoms with van der Waals surface area (Å²) in [5.41, 5.74) is 0. The van der Waals surface area contributed by atoms with E-state index in [1.807, 2.05) is 0 Å². The van der Waals surface area contributed by atoms with Gasteiger partial charge in [0.1, 0.15) is 0 Å². The quantitative estimate of drug-likeness (QED) is 0.449. The predicted octanol–water partition coefficient (Wildman–Crippen LogP) is 2.52. The summed E-state index contributed by atoms with van der Waals surface area (Å²) in [6.07, 6.45) is 0. The van der Waals surface area contributed by atoms with Gasteiger partial charge in [-0.05, 0) is 6.92 Å². The van der Waals surface area contributed by atoms with Gasteiger partial charge in [-0.25, -0.2) is 0 Å². The Bertz CT molecular complexity index is 9.22. The molecule has 1 N–H and O–H groups in total. The van der Waals surface area contributed by atoms with Crippen LogP contribution in [0, 0.1) is 20.8 Å². The Hall–Kier alpha value is 0.674. The van der Waals surface area contributed by atoms with Crippen LogP contribution in [0.5, 0.6) is 0 Å². The third-order valence-corrected chi connectivity index (χ3v) is 0. The molecule has 0 aromatic carbocycles. The summed E-state index contributed by atoms with van der Waals surface area (Å²) in [6, 6.07) is 0. The zero-order valence-electron chi connectivity index (χ0n) is 7.78. The first-order chi connectivity index (χ1) is 4.41. The van der Waals surface area contributed by atoms with E-state index in [1.165, 1.54) is 0 Å². The molecule has 10 heavy (non-hydrogen) atoms. The monoisotopic (exact) mass is 181 g/mol. The molecule has 0 rings (SSSR count). The van der Waals surface area contributed by atoms with Gasteiger partial charge < -0.3 is 25.9 Å². The first-order valence-corrected chi connectivity index (χ1v) is 3.14. The van der Waals surface area contributed by atoms with Crippen LogP contribution < -0.4 is 0 Å². The van der Waals surface area contributed by atoms with E-state index in [-0.39, 0.29) is 28.3 Å². The van der Waals surface area contributed by atoms with Crippen molar-refractivity contribution in [1.82, 2.24) is 0 Å². The van der Waals surface area contributed by atoms with Gasteiger partial charge in [-0.15, -0.1) is 0 Å². The molecule has 0 saturated carbocycles. The van der Waals surface area contributed by atoms with Crippen molar-refractivity contribution in [3.63, 3.8) is 0 Å². The third kappa shape index (κ3) is 1120. The fourth-order valence-electron chi connectivity index (χ4n) is 0. The van der Waals surface area contributed by atoms with E-state index in [2.05, 4.69) is 20.8 Å². The summed E-state index contributed by atoms with van der Waals surface area (Å²) >= 11 is 0. The summed E-state index contributed by atoms with van der Waals surface area (Å²) in [7, 11) is 0. The molecule has 2 heteroatoms. The predicted molar refractivity (Wildman–Crippen MR) is 45.9 cm³/mol. The van der Waals surface area contributed by atoms with Crippen LogP contribution >= 0.6 is 0 Å². The van der Waals surface area contributed by atoms with Crippen molar-refractivity contribution in [2.75, 3.05) is 6.61 Å². The fourth-order valence-corrected chi connectivity index (χ4v) is 0. The van der Waals surface area contributed by atoms with Gasteiger partial charge in [-0.2, -0.15) is 20.8 Å². The van der Waals surface area contributed by atoms with Crippen molar-refractivity contribution in [2.45, 2.75) is 27.7 Å². The molecular formula is C8H21OTi. The Labute approximate surface area is 82.1 Å². The topological polar surface area (TPSA) is 20.2 Å². The molecule has 0 amide bonds. The SMILES string of the molecule is CCO.[CH2-]C.[CH2-]C.[CH2-]C.[Ti+3]. The largest absolute Gasteiger partial charge is 3.00 e. The maximum atomic E-state index is 7.57. The average Bonchev–Trinajstić information content (AvgIpc) is 2.01. The molecule has 0 aliphatic heterocycles. The maximum Gasteiger partial charge on any atom is 3.00 e. The minimum atomic E-state index is 0. The van der Waals surface area contributed by atoms with Crippen molar-refractivity contribution < 1.29 is 26.8 Å². The van der Waals surface area contributed by atoms with Crippen LogP contribution in [0.1, 0.15) is 27.7 Å². The van der Waals surface area contributed by atoms with Crippen LogP contribution in [-0.2, 0) is 21.7 Å². The van der Waals surface area contributed by atoms with Crippen molar-refractivity contribution in [1.29, 1.82) is 0 Å². The van der Waals surface area contributed by atoms with Gasteiger partial charge in [0, 0.05) is 6.61 Å². The molecule has 0 heterocycles. The summed E-state index contributed by atoms with van der Waals surface area (Å²) in [5, 5.41) is 7.57. The normalized spacial score (nSPS) is 3.60. The Kier molecular flexibility index (Phi) is 806. The van der Waals surface area contributed by atoms with Gasteiger partial charge in [0.25, 0.3) is 0 Å². The zero-order valence-corrected chi connectivity index (χ0v) is 9.34. The zero-order chi connectivity index (χ0) is 8.71. The third-order valence-electron chi connectivity index (χ3n) is 0. The summed E-state index contributed by atoms with van der Waals surface area (Å²) in [6.45, 7) is 16.9. The first kappa shape index (κ1) is 31.0. The second-order valence-corrected chi connectivity index (χ2v) is 0.316. The first-order valence-electron chi connectivity index (χ1n) is 3.14. The van der Waals surface area contributed by atoms with Crippen LogP contribution in [0.2, 0.25) is 0 Å². The molecule has 0 bridgehead atoms. The van der Waals surface area contributed by atoms with Gasteiger partial charge in [0.2, 0.25) is 0 Å². The van der Waals surface area contributed by atoms with E-state index < -0.39 is 0 Å². The van der Waals surface area contributed by atoms with Crippen LogP contribution in [0.15, 0.2) is 0 Å². The van der Waals surface area contributed by atoms with E-state index in [0.717, 1.165) is 0 Å². The van der Waals surface area contributed by atoms with E-state index >= 15 is 0 Å². The number of hydrogen-bond acceptors (Lipinski definition) is 1. The van der Waals surface area contributed by atoms with Gasteiger partial charge in [-0.1, -0.05) is 0 Å². The van der Waals surface area contributed by atoms with E-state index in [4.69, 9.17) is 5.11 Å². The summed E-state index contributed by atoms with van der Waals surface area (Å²) < 4.78 is 0. The molecule has 0 saturated heterocycles. The second-order valence-electron chi connectivity index (χ2n) is 0.316. The standard InChI is InChI=1S/C2H6O.3C2H5.Ti/c1-2-3;3*1-2;/h3H,2H2,1H3;3*1H2,2H3;/q;3*-1;+3. The van der Waals surface area contributed by atoms with E-state index in [9.17, 15) is 0 Å². The Balaban J connectivity index is -0.0000000110. The number of hydrogen-bond donors (Lipinski definition) is 1. The van der Waals surface area contributed by atoms with Gasteiger partial charge >= 0.3 is 21.7 Å². The molecule has 0 aliphatic rings. The molecular weight excluding hydrogens is 160 g/mol. The van der Waals surface area contributed by atoms with E-state index in [1.54, 1.807) is 27.7 Å². The molecule has 0 spiro atoms. The van der Waals surface area contributed by atoms with Crippen LogP contribution in [0.25, 0.3) is 0 Å². The Morgan fingerprint density at radius 2 is 0.900 bits per heavy atom. The molecule has 63 valence electrons. The van der Waals surface area contributed by atoms with Crippen LogP contribution in [0.4, 0.5) is 0 Å². The minimum absolute atomic E-state index is 0. The summed E-state index contributed by atoms with van der Waals surface area (Å²) in [4.78, 5) is 0. The number of rotatable bonds is 0. The minimum Gasteiger partial charge on any atom is -0.397 e. The molecule has 1 nitrogen and oxygen atoms in total. The fraction of sp³-hybridized carbons (Fsp3) is 0.625. The smallest absolute Gasteiger partial charge is 0.397 e. The molecule has 0 aromatic rings. The second kappa shape index (κ2) is 260. The number of aliphatic hydroxyl groups excluding tert-OH is 1. The Morgan fingerprint density at radius 1 is 0.900 bits per heavy atom. The van der Waals surface area contributed by atoms with E-state index in [0.29, 0.717) is 0 Å². The van der Waals surface area contributed by atoms with Crippen molar-refractivity contribution in [3.8, 4) is 0 Å². The van der Waals surface area contributed by atoms with Crippen LogP contribution in [-0.4, -0.2) is 11.7 Å². The van der Waals surface area contributed by atoms with Gasteiger partial charge in [0.15, 0.2) is 0 Å². The molecule has 0 fully saturated rings. The molecule has 0 aliphatic carbocycles. The molecule has 1 radical (unpaired) electrons. The molecule has 0 unspecified atom stereocenters. The Morgan fingerprint density at radius 3 is 0.900 bits per heavy atom. The summed E-state index contributed by atoms with van der Waals surface area (Å²) in [5.74, 6) is 0. The average molecular weight is 181 g/mol. The maximum absolute atomic E-state index is 7.57. The van der Waals surface area contributed by atoms with Crippen molar-refractivity contribution in [2.24, 2.45) is 0 Å². The van der Waals surface area contributed by atoms with Crippen LogP contribution in [0.3, 0.4) is 0 Å². The molecule has 0 aromatic heterocycles. The number of aliphatic hydroxyl groups is 1. The van der Waals surface area contributed by atoms with Gasteiger partial charge in [0.05, 0.1) is 0 Å². The molecule has 0 atom stereocenters.